The number of aryl methyl sites for hydroxylation is 3. The van der Waals surface area contributed by atoms with E-state index in [0.29, 0.717) is 23.1 Å². The third kappa shape index (κ3) is 4.86. The molecule has 1 N–H and O–H groups in total. The van der Waals surface area contributed by atoms with E-state index in [-0.39, 0.29) is 17.4 Å². The van der Waals surface area contributed by atoms with Crippen LogP contribution in [-0.4, -0.2) is 28.8 Å². The van der Waals surface area contributed by atoms with E-state index in [2.05, 4.69) is 21.4 Å². The predicted octanol–water partition coefficient (Wildman–Crippen LogP) is 4.67. The highest BCUT2D eigenvalue weighted by Gasteiger charge is 2.27. The molecule has 7 heteroatoms. The van der Waals surface area contributed by atoms with Gasteiger partial charge in [-0.1, -0.05) is 23.7 Å². The standard InChI is InChI=1S/C25H27ClN4O2/c1-16-11-17(2)13-20(12-16)27-25(32)19-5-4-10-29(15-19)23-8-9-24(31)30(28-23)21-7-6-18(3)22(26)14-21/h6-9,11-14,19H,4-5,10,15H2,1-3H3,(H,27,32)/t19-/m0/s1. The molecule has 1 aromatic heterocycles. The molecular weight excluding hydrogens is 424 g/mol. The van der Waals surface area contributed by atoms with Crippen LogP contribution in [0.3, 0.4) is 0 Å². The van der Waals surface area contributed by atoms with Gasteiger partial charge in [0, 0.05) is 29.9 Å². The Hall–Kier alpha value is -3.12. The van der Waals surface area contributed by atoms with Crippen LogP contribution in [0.1, 0.15) is 29.5 Å². The van der Waals surface area contributed by atoms with Crippen molar-refractivity contribution in [3.8, 4) is 5.69 Å². The number of rotatable bonds is 4. The zero-order valence-electron chi connectivity index (χ0n) is 18.6. The van der Waals surface area contributed by atoms with Crippen molar-refractivity contribution in [2.75, 3.05) is 23.3 Å². The van der Waals surface area contributed by atoms with Gasteiger partial charge in [0.15, 0.2) is 0 Å². The lowest BCUT2D eigenvalue weighted by molar-refractivity contribution is -0.120. The van der Waals surface area contributed by atoms with E-state index in [9.17, 15) is 9.59 Å². The van der Waals surface area contributed by atoms with Gasteiger partial charge in [-0.2, -0.15) is 4.68 Å². The molecule has 0 bridgehead atoms. The van der Waals surface area contributed by atoms with Gasteiger partial charge in [-0.05, 0) is 80.6 Å². The summed E-state index contributed by atoms with van der Waals surface area (Å²) >= 11 is 6.25. The van der Waals surface area contributed by atoms with E-state index < -0.39 is 0 Å². The number of anilines is 2. The van der Waals surface area contributed by atoms with Gasteiger partial charge in [0.1, 0.15) is 5.82 Å². The summed E-state index contributed by atoms with van der Waals surface area (Å²) in [6, 6.07) is 14.7. The summed E-state index contributed by atoms with van der Waals surface area (Å²) in [5.41, 5.74) is 4.39. The SMILES string of the molecule is Cc1cc(C)cc(NC(=O)[C@H]2CCCN(c3ccc(=O)n(-c4ccc(C)c(Cl)c4)n3)C2)c1. The topological polar surface area (TPSA) is 67.2 Å². The van der Waals surface area contributed by atoms with E-state index >= 15 is 0 Å². The first-order valence-corrected chi connectivity index (χ1v) is 11.2. The van der Waals surface area contributed by atoms with Crippen LogP contribution >= 0.6 is 11.6 Å². The molecule has 32 heavy (non-hydrogen) atoms. The molecule has 0 radical (unpaired) electrons. The van der Waals surface area contributed by atoms with Crippen molar-refractivity contribution in [3.05, 3.63) is 80.6 Å². The number of benzene rings is 2. The molecule has 0 aliphatic carbocycles. The molecule has 6 nitrogen and oxygen atoms in total. The summed E-state index contributed by atoms with van der Waals surface area (Å²) < 4.78 is 1.36. The van der Waals surface area contributed by atoms with Crippen LogP contribution in [0.5, 0.6) is 0 Å². The molecule has 1 amide bonds. The molecule has 1 saturated heterocycles. The summed E-state index contributed by atoms with van der Waals surface area (Å²) in [5.74, 6) is 0.532. The first kappa shape index (κ1) is 22.1. The van der Waals surface area contributed by atoms with E-state index in [1.807, 2.05) is 45.0 Å². The molecule has 1 atom stereocenters. The summed E-state index contributed by atoms with van der Waals surface area (Å²) in [7, 11) is 0. The van der Waals surface area contributed by atoms with Gasteiger partial charge in [0.25, 0.3) is 5.56 Å². The minimum atomic E-state index is -0.227. The maximum Gasteiger partial charge on any atom is 0.271 e. The normalized spacial score (nSPS) is 16.1. The Bertz CT molecular complexity index is 1200. The number of nitrogens with zero attached hydrogens (tertiary/aromatic N) is 3. The Kier molecular flexibility index (Phi) is 6.33. The van der Waals surface area contributed by atoms with Gasteiger partial charge in [-0.25, -0.2) is 0 Å². The first-order chi connectivity index (χ1) is 15.3. The lowest BCUT2D eigenvalue weighted by Gasteiger charge is -2.33. The van der Waals surface area contributed by atoms with Gasteiger partial charge in [0.2, 0.25) is 5.91 Å². The third-order valence-corrected chi connectivity index (χ3v) is 6.20. The number of halogens is 1. The minimum absolute atomic E-state index is 0.0123. The van der Waals surface area contributed by atoms with Crippen molar-refractivity contribution >= 4 is 29.0 Å². The molecule has 3 aromatic rings. The van der Waals surface area contributed by atoms with Crippen molar-refractivity contribution in [1.82, 2.24) is 9.78 Å². The van der Waals surface area contributed by atoms with Crippen molar-refractivity contribution in [3.63, 3.8) is 0 Å². The largest absolute Gasteiger partial charge is 0.354 e. The minimum Gasteiger partial charge on any atom is -0.354 e. The fraction of sp³-hybridized carbons (Fsp3) is 0.320. The Morgan fingerprint density at radius 3 is 2.53 bits per heavy atom. The number of nitrogens with one attached hydrogen (secondary N) is 1. The van der Waals surface area contributed by atoms with Crippen LogP contribution in [0.4, 0.5) is 11.5 Å². The van der Waals surface area contributed by atoms with E-state index in [0.717, 1.165) is 41.8 Å². The van der Waals surface area contributed by atoms with Gasteiger partial charge in [-0.3, -0.25) is 9.59 Å². The predicted molar refractivity (Wildman–Crippen MR) is 129 cm³/mol. The molecular formula is C25H27ClN4O2. The van der Waals surface area contributed by atoms with E-state index in [1.165, 1.54) is 10.7 Å². The molecule has 0 unspecified atom stereocenters. The summed E-state index contributed by atoms with van der Waals surface area (Å²) in [6.45, 7) is 7.29. The van der Waals surface area contributed by atoms with E-state index in [4.69, 9.17) is 11.6 Å². The number of aromatic nitrogens is 2. The molecule has 1 fully saturated rings. The zero-order chi connectivity index (χ0) is 22.8. The number of amides is 1. The smallest absolute Gasteiger partial charge is 0.271 e. The molecule has 1 aliphatic heterocycles. The highest BCUT2D eigenvalue weighted by atomic mass is 35.5. The molecule has 0 saturated carbocycles. The highest BCUT2D eigenvalue weighted by molar-refractivity contribution is 6.31. The number of hydrogen-bond donors (Lipinski definition) is 1. The van der Waals surface area contributed by atoms with Crippen LogP contribution in [0.25, 0.3) is 5.69 Å². The number of carbonyl (C=O) groups excluding carboxylic acids is 1. The van der Waals surface area contributed by atoms with Crippen molar-refractivity contribution < 1.29 is 4.79 Å². The van der Waals surface area contributed by atoms with Gasteiger partial charge in [-0.15, -0.1) is 5.10 Å². The lowest BCUT2D eigenvalue weighted by Crippen LogP contribution is -2.41. The van der Waals surface area contributed by atoms with Crippen LogP contribution < -0.4 is 15.8 Å². The second-order valence-corrected chi connectivity index (χ2v) is 8.93. The van der Waals surface area contributed by atoms with Crippen LogP contribution in [0.15, 0.2) is 53.3 Å². The van der Waals surface area contributed by atoms with Crippen LogP contribution in [0, 0.1) is 26.7 Å². The quantitative estimate of drug-likeness (QED) is 0.627. The summed E-state index contributed by atoms with van der Waals surface area (Å²) in [5, 5.41) is 8.23. The average molecular weight is 451 g/mol. The van der Waals surface area contributed by atoms with Crippen molar-refractivity contribution in [2.24, 2.45) is 5.92 Å². The Labute approximate surface area is 192 Å². The Morgan fingerprint density at radius 1 is 1.06 bits per heavy atom. The summed E-state index contributed by atoms with van der Waals surface area (Å²) in [4.78, 5) is 27.5. The summed E-state index contributed by atoms with van der Waals surface area (Å²) in [6.07, 6.45) is 1.70. The monoisotopic (exact) mass is 450 g/mol. The second kappa shape index (κ2) is 9.17. The molecule has 166 valence electrons. The molecule has 1 aliphatic rings. The third-order valence-electron chi connectivity index (χ3n) is 5.79. The lowest BCUT2D eigenvalue weighted by atomic mass is 9.97. The van der Waals surface area contributed by atoms with Gasteiger partial charge < -0.3 is 10.2 Å². The Balaban J connectivity index is 1.53. The average Bonchev–Trinajstić information content (AvgIpc) is 2.75. The van der Waals surface area contributed by atoms with Crippen molar-refractivity contribution in [2.45, 2.75) is 33.6 Å². The number of carbonyl (C=O) groups is 1. The maximum absolute atomic E-state index is 13.0. The highest BCUT2D eigenvalue weighted by Crippen LogP contribution is 2.24. The Morgan fingerprint density at radius 2 is 1.81 bits per heavy atom. The molecule has 0 spiro atoms. The molecule has 2 heterocycles. The van der Waals surface area contributed by atoms with Gasteiger partial charge >= 0.3 is 0 Å². The maximum atomic E-state index is 13.0. The van der Waals surface area contributed by atoms with E-state index in [1.54, 1.807) is 12.1 Å². The van der Waals surface area contributed by atoms with Crippen LogP contribution in [0.2, 0.25) is 5.02 Å². The fourth-order valence-corrected chi connectivity index (χ4v) is 4.33. The van der Waals surface area contributed by atoms with Gasteiger partial charge in [0.05, 0.1) is 11.6 Å². The zero-order valence-corrected chi connectivity index (χ0v) is 19.3. The first-order valence-electron chi connectivity index (χ1n) is 10.8. The van der Waals surface area contributed by atoms with Crippen molar-refractivity contribution in [1.29, 1.82) is 0 Å². The number of hydrogen-bond acceptors (Lipinski definition) is 4. The number of piperidine rings is 1. The molecule has 2 aromatic carbocycles. The molecule has 4 rings (SSSR count). The second-order valence-electron chi connectivity index (χ2n) is 8.53. The fourth-order valence-electron chi connectivity index (χ4n) is 4.16. The van der Waals surface area contributed by atoms with Crippen LogP contribution in [-0.2, 0) is 4.79 Å².